The summed E-state index contributed by atoms with van der Waals surface area (Å²) >= 11 is 2.40. The third-order valence-electron chi connectivity index (χ3n) is 6.24. The summed E-state index contributed by atoms with van der Waals surface area (Å²) in [6.45, 7) is 2.22. The third-order valence-corrected chi connectivity index (χ3v) is 8.11. The Morgan fingerprint density at radius 1 is 0.762 bits per heavy atom. The molecular formula is C20H28S. The van der Waals surface area contributed by atoms with Gasteiger partial charge >= 0.3 is 0 Å². The fourth-order valence-electron chi connectivity index (χ4n) is 5.24. The fraction of sp³-hybridized carbons (Fsp3) is 0.700. The molecule has 4 unspecified atom stereocenters. The normalized spacial score (nSPS) is 39.4. The second-order valence-electron chi connectivity index (χ2n) is 7.55. The molecule has 1 aromatic rings. The van der Waals surface area contributed by atoms with Gasteiger partial charge < -0.3 is 0 Å². The lowest BCUT2D eigenvalue weighted by Gasteiger charge is -2.51. The first kappa shape index (κ1) is 14.2. The molecule has 0 amide bonds. The molecule has 1 heteroatoms. The Morgan fingerprint density at radius 2 is 1.29 bits per heavy atom. The summed E-state index contributed by atoms with van der Waals surface area (Å²) < 4.78 is 0. The van der Waals surface area contributed by atoms with Gasteiger partial charge in [-0.3, -0.25) is 0 Å². The maximum Gasteiger partial charge on any atom is 0.00841 e. The van der Waals surface area contributed by atoms with Gasteiger partial charge in [0.25, 0.3) is 0 Å². The summed E-state index contributed by atoms with van der Waals surface area (Å²) in [4.78, 5) is 0. The molecule has 0 radical (unpaired) electrons. The zero-order valence-corrected chi connectivity index (χ0v) is 14.1. The van der Waals surface area contributed by atoms with Crippen molar-refractivity contribution in [2.45, 2.75) is 74.7 Å². The number of hydrogen-bond donors (Lipinski definition) is 0. The van der Waals surface area contributed by atoms with E-state index in [1.54, 1.807) is 5.56 Å². The molecule has 0 aromatic heterocycles. The van der Waals surface area contributed by atoms with Crippen LogP contribution >= 0.6 is 11.8 Å². The van der Waals surface area contributed by atoms with Gasteiger partial charge in [-0.1, -0.05) is 55.5 Å². The Hall–Kier alpha value is -0.430. The summed E-state index contributed by atoms with van der Waals surface area (Å²) in [5, 5.41) is 1.92. The zero-order valence-electron chi connectivity index (χ0n) is 13.3. The predicted molar refractivity (Wildman–Crippen MR) is 93.0 cm³/mol. The summed E-state index contributed by atoms with van der Waals surface area (Å²) in [5.41, 5.74) is 3.07. The average Bonchev–Trinajstić information content (AvgIpc) is 2.53. The average molecular weight is 301 g/mol. The van der Waals surface area contributed by atoms with Crippen LogP contribution in [0.2, 0.25) is 0 Å². The Kier molecular flexibility index (Phi) is 4.04. The standard InChI is InChI=1S/C20H28S/c1-14-10-12-15(13-11-14)20-16-6-2-4-8-18(16)21-19-9-5-3-7-17(19)20/h10-13,16-20H,2-9H2,1H3. The highest BCUT2D eigenvalue weighted by atomic mass is 32.2. The Morgan fingerprint density at radius 3 is 1.86 bits per heavy atom. The molecule has 0 nitrogen and oxygen atoms in total. The van der Waals surface area contributed by atoms with Crippen LogP contribution in [0.15, 0.2) is 24.3 Å². The van der Waals surface area contributed by atoms with Gasteiger partial charge in [0, 0.05) is 10.5 Å². The van der Waals surface area contributed by atoms with Gasteiger partial charge in [0.2, 0.25) is 0 Å². The number of rotatable bonds is 1. The lowest BCUT2D eigenvalue weighted by molar-refractivity contribution is 0.197. The molecular weight excluding hydrogens is 272 g/mol. The van der Waals surface area contributed by atoms with E-state index in [0.717, 1.165) is 28.3 Å². The maximum absolute atomic E-state index is 2.45. The number of aryl methyl sites for hydroxylation is 1. The topological polar surface area (TPSA) is 0 Å². The molecule has 1 aliphatic heterocycles. The second kappa shape index (κ2) is 5.99. The highest BCUT2D eigenvalue weighted by Crippen LogP contribution is 2.57. The van der Waals surface area contributed by atoms with Crippen molar-refractivity contribution in [3.8, 4) is 0 Å². The highest BCUT2D eigenvalue weighted by molar-refractivity contribution is 8.00. The van der Waals surface area contributed by atoms with Crippen LogP contribution in [0.4, 0.5) is 0 Å². The Labute approximate surface area is 134 Å². The van der Waals surface area contributed by atoms with E-state index in [-0.39, 0.29) is 0 Å². The molecule has 0 N–H and O–H groups in total. The molecule has 3 aliphatic rings. The van der Waals surface area contributed by atoms with Crippen LogP contribution in [0.3, 0.4) is 0 Å². The molecule has 4 rings (SSSR count). The van der Waals surface area contributed by atoms with Crippen molar-refractivity contribution in [2.24, 2.45) is 11.8 Å². The Balaban J connectivity index is 1.69. The lowest BCUT2D eigenvalue weighted by atomic mass is 9.66. The molecule has 4 atom stereocenters. The van der Waals surface area contributed by atoms with E-state index in [9.17, 15) is 0 Å². The van der Waals surface area contributed by atoms with E-state index in [1.165, 1.54) is 56.9 Å². The van der Waals surface area contributed by atoms with Gasteiger partial charge in [-0.25, -0.2) is 0 Å². The monoisotopic (exact) mass is 300 g/mol. The van der Waals surface area contributed by atoms with Crippen molar-refractivity contribution in [1.82, 2.24) is 0 Å². The van der Waals surface area contributed by atoms with Gasteiger partial charge in [0.05, 0.1) is 0 Å². The third kappa shape index (κ3) is 2.67. The van der Waals surface area contributed by atoms with Crippen molar-refractivity contribution < 1.29 is 0 Å². The Bertz CT molecular complexity index is 455. The summed E-state index contributed by atoms with van der Waals surface area (Å²) in [6, 6.07) is 9.58. The number of thioether (sulfide) groups is 1. The van der Waals surface area contributed by atoms with Crippen molar-refractivity contribution >= 4 is 11.8 Å². The van der Waals surface area contributed by atoms with E-state index in [4.69, 9.17) is 0 Å². The molecule has 3 fully saturated rings. The second-order valence-corrected chi connectivity index (χ2v) is 9.03. The smallest absolute Gasteiger partial charge is 0.00841 e. The van der Waals surface area contributed by atoms with Crippen LogP contribution < -0.4 is 0 Å². The van der Waals surface area contributed by atoms with Gasteiger partial charge in [0.15, 0.2) is 0 Å². The minimum atomic E-state index is 0.863. The van der Waals surface area contributed by atoms with E-state index >= 15 is 0 Å². The number of hydrogen-bond acceptors (Lipinski definition) is 1. The molecule has 114 valence electrons. The van der Waals surface area contributed by atoms with E-state index < -0.39 is 0 Å². The minimum Gasteiger partial charge on any atom is -0.155 e. The number of benzene rings is 1. The van der Waals surface area contributed by atoms with Crippen molar-refractivity contribution in [2.75, 3.05) is 0 Å². The van der Waals surface area contributed by atoms with Crippen LogP contribution in [0.5, 0.6) is 0 Å². The maximum atomic E-state index is 2.45. The first-order valence-corrected chi connectivity index (χ1v) is 9.99. The van der Waals surface area contributed by atoms with Crippen molar-refractivity contribution in [3.05, 3.63) is 35.4 Å². The van der Waals surface area contributed by atoms with Crippen LogP contribution in [0, 0.1) is 18.8 Å². The SMILES string of the molecule is Cc1ccc(C2C3CCCCC3SC3CCCCC32)cc1. The van der Waals surface area contributed by atoms with Gasteiger partial charge in [-0.05, 0) is 55.9 Å². The number of fused-ring (bicyclic) bond motifs is 2. The molecule has 1 aromatic carbocycles. The molecule has 21 heavy (non-hydrogen) atoms. The van der Waals surface area contributed by atoms with Crippen molar-refractivity contribution in [3.63, 3.8) is 0 Å². The quantitative estimate of drug-likeness (QED) is 0.618. The molecule has 1 heterocycles. The summed E-state index contributed by atoms with van der Waals surface area (Å²) in [7, 11) is 0. The van der Waals surface area contributed by atoms with Crippen molar-refractivity contribution in [1.29, 1.82) is 0 Å². The minimum absolute atomic E-state index is 0.863. The zero-order chi connectivity index (χ0) is 14.2. The van der Waals surface area contributed by atoms with Gasteiger partial charge in [0.1, 0.15) is 0 Å². The van der Waals surface area contributed by atoms with E-state index in [2.05, 4.69) is 43.0 Å². The lowest BCUT2D eigenvalue weighted by Crippen LogP contribution is -2.43. The fourth-order valence-corrected chi connectivity index (χ4v) is 7.30. The first-order valence-electron chi connectivity index (χ1n) is 9.05. The molecule has 0 spiro atoms. The van der Waals surface area contributed by atoms with Crippen LogP contribution in [-0.4, -0.2) is 10.5 Å². The molecule has 2 saturated carbocycles. The molecule has 0 bridgehead atoms. The summed E-state index contributed by atoms with van der Waals surface area (Å²) in [6.07, 6.45) is 11.8. The van der Waals surface area contributed by atoms with E-state index in [1.807, 2.05) is 0 Å². The van der Waals surface area contributed by atoms with E-state index in [0.29, 0.717) is 0 Å². The largest absolute Gasteiger partial charge is 0.155 e. The molecule has 2 aliphatic carbocycles. The van der Waals surface area contributed by atoms with Crippen LogP contribution in [0.25, 0.3) is 0 Å². The summed E-state index contributed by atoms with van der Waals surface area (Å²) in [5.74, 6) is 2.79. The highest BCUT2D eigenvalue weighted by Gasteiger charge is 2.46. The van der Waals surface area contributed by atoms with Crippen LogP contribution in [0.1, 0.15) is 68.4 Å². The first-order chi connectivity index (χ1) is 10.3. The van der Waals surface area contributed by atoms with Crippen LogP contribution in [-0.2, 0) is 0 Å². The molecule has 1 saturated heterocycles. The predicted octanol–water partition coefficient (Wildman–Crippen LogP) is 5.94. The van der Waals surface area contributed by atoms with Gasteiger partial charge in [-0.15, -0.1) is 0 Å². The van der Waals surface area contributed by atoms with Gasteiger partial charge in [-0.2, -0.15) is 11.8 Å².